The van der Waals surface area contributed by atoms with Crippen molar-refractivity contribution in [3.8, 4) is 11.3 Å². The fraction of sp³-hybridized carbons (Fsp3) is 0.267. The number of benzene rings is 1. The fourth-order valence-corrected chi connectivity index (χ4v) is 2.25. The Balaban J connectivity index is 2.65. The zero-order valence-corrected chi connectivity index (χ0v) is 12.0. The van der Waals surface area contributed by atoms with Gasteiger partial charge in [-0.2, -0.15) is 0 Å². The van der Waals surface area contributed by atoms with Gasteiger partial charge in [-0.25, -0.2) is 0 Å². The molecule has 0 saturated carbocycles. The van der Waals surface area contributed by atoms with E-state index in [2.05, 4.69) is 4.85 Å². The van der Waals surface area contributed by atoms with E-state index in [1.807, 2.05) is 0 Å². The van der Waals surface area contributed by atoms with Gasteiger partial charge in [-0.05, 0) is 38.1 Å². The maximum Gasteiger partial charge on any atom is 0.275 e. The molecule has 0 spiro atoms. The molecule has 2 rings (SSSR count). The van der Waals surface area contributed by atoms with Crippen molar-refractivity contribution >= 4 is 11.5 Å². The first-order chi connectivity index (χ1) is 9.75. The van der Waals surface area contributed by atoms with E-state index in [0.717, 1.165) is 11.3 Å². The molecule has 1 N–H and O–H groups in total. The summed E-state index contributed by atoms with van der Waals surface area (Å²) in [5.41, 5.74) is 0.282. The molecule has 0 aliphatic heterocycles. The van der Waals surface area contributed by atoms with Gasteiger partial charge in [0, 0.05) is 11.6 Å². The molecular weight excluding hydrogens is 270 g/mol. The van der Waals surface area contributed by atoms with E-state index in [9.17, 15) is 15.2 Å². The van der Waals surface area contributed by atoms with Crippen LogP contribution in [-0.4, -0.2) is 14.6 Å². The van der Waals surface area contributed by atoms with Gasteiger partial charge >= 0.3 is 0 Å². The summed E-state index contributed by atoms with van der Waals surface area (Å²) in [5.74, 6) is 0.480. The van der Waals surface area contributed by atoms with E-state index in [0.29, 0.717) is 5.82 Å². The lowest BCUT2D eigenvalue weighted by Crippen LogP contribution is -2.17. The summed E-state index contributed by atoms with van der Waals surface area (Å²) in [5, 5.41) is 21.2. The van der Waals surface area contributed by atoms with Gasteiger partial charge in [-0.1, -0.05) is 6.57 Å². The number of nitro benzene ring substituents is 1. The zero-order valence-electron chi connectivity index (χ0n) is 12.0. The van der Waals surface area contributed by atoms with Gasteiger partial charge in [-0.3, -0.25) is 14.7 Å². The average molecular weight is 285 g/mol. The highest BCUT2D eigenvalue weighted by molar-refractivity contribution is 5.68. The molecule has 0 aliphatic rings. The van der Waals surface area contributed by atoms with E-state index >= 15 is 0 Å². The second-order valence-corrected chi connectivity index (χ2v) is 5.30. The van der Waals surface area contributed by atoms with Gasteiger partial charge in [0.05, 0.1) is 23.1 Å². The second kappa shape index (κ2) is 5.04. The molecule has 0 aliphatic carbocycles. The highest BCUT2D eigenvalue weighted by Gasteiger charge is 2.27. The van der Waals surface area contributed by atoms with Gasteiger partial charge in [0.1, 0.15) is 5.69 Å². The molecular formula is C15H15N3O3. The molecule has 0 unspecified atom stereocenters. The summed E-state index contributed by atoms with van der Waals surface area (Å²) < 4.78 is 1.71. The van der Waals surface area contributed by atoms with Crippen molar-refractivity contribution in [1.29, 1.82) is 0 Å². The van der Waals surface area contributed by atoms with Gasteiger partial charge < -0.3 is 9.95 Å². The summed E-state index contributed by atoms with van der Waals surface area (Å²) in [6.45, 7) is 10.1. The third-order valence-corrected chi connectivity index (χ3v) is 3.36. The molecule has 6 heteroatoms. The number of rotatable bonds is 3. The summed E-state index contributed by atoms with van der Waals surface area (Å²) >= 11 is 0. The van der Waals surface area contributed by atoms with Crippen LogP contribution in [0, 0.1) is 16.7 Å². The van der Waals surface area contributed by atoms with Crippen LogP contribution in [0.15, 0.2) is 30.3 Å². The Morgan fingerprint density at radius 2 is 2.00 bits per heavy atom. The molecule has 1 aromatic heterocycles. The van der Waals surface area contributed by atoms with Gasteiger partial charge in [0.25, 0.3) is 5.69 Å². The first-order valence-corrected chi connectivity index (χ1v) is 6.30. The highest BCUT2D eigenvalue weighted by Crippen LogP contribution is 2.34. The molecule has 0 amide bonds. The SMILES string of the molecule is [C-]#[N+]c1ccc(-c2ccc([N+](=O)[O-])c(C(C)(C)O)c2)n1C. The predicted octanol–water partition coefficient (Wildman–Crippen LogP) is 3.38. The normalized spacial score (nSPS) is 11.2. The van der Waals surface area contributed by atoms with Crippen LogP contribution in [0.1, 0.15) is 19.4 Å². The molecule has 0 fully saturated rings. The number of aromatic nitrogens is 1. The van der Waals surface area contributed by atoms with E-state index in [1.54, 1.807) is 35.9 Å². The summed E-state index contributed by atoms with van der Waals surface area (Å²) in [7, 11) is 1.76. The lowest BCUT2D eigenvalue weighted by Gasteiger charge is -2.18. The largest absolute Gasteiger partial charge is 0.385 e. The standard InChI is InChI=1S/C15H15N3O3/c1-15(2,19)11-9-10(5-6-13(11)18(20)21)12-7-8-14(16-3)17(12)4/h5-9,19H,1-2,4H3. The second-order valence-electron chi connectivity index (χ2n) is 5.30. The van der Waals surface area contributed by atoms with Crippen LogP contribution in [0.25, 0.3) is 16.1 Å². The highest BCUT2D eigenvalue weighted by atomic mass is 16.6. The number of hydrogen-bond acceptors (Lipinski definition) is 3. The average Bonchev–Trinajstić information content (AvgIpc) is 2.78. The van der Waals surface area contributed by atoms with Crippen molar-refractivity contribution in [1.82, 2.24) is 4.57 Å². The topological polar surface area (TPSA) is 72.7 Å². The fourth-order valence-electron chi connectivity index (χ4n) is 2.25. The number of nitrogens with zero attached hydrogens (tertiary/aromatic N) is 3. The minimum Gasteiger partial charge on any atom is -0.385 e. The summed E-state index contributed by atoms with van der Waals surface area (Å²) in [6.07, 6.45) is 0. The monoisotopic (exact) mass is 285 g/mol. The lowest BCUT2D eigenvalue weighted by molar-refractivity contribution is -0.386. The Morgan fingerprint density at radius 3 is 2.48 bits per heavy atom. The summed E-state index contributed by atoms with van der Waals surface area (Å²) in [6, 6.07) is 8.07. The molecule has 108 valence electrons. The van der Waals surface area contributed by atoms with E-state index < -0.39 is 10.5 Å². The van der Waals surface area contributed by atoms with Crippen LogP contribution in [-0.2, 0) is 12.6 Å². The van der Waals surface area contributed by atoms with Gasteiger partial charge in [0.15, 0.2) is 0 Å². The van der Waals surface area contributed by atoms with Crippen LogP contribution < -0.4 is 0 Å². The maximum atomic E-state index is 11.1. The molecule has 2 aromatic rings. The minimum atomic E-state index is -1.33. The molecule has 1 heterocycles. The molecule has 0 radical (unpaired) electrons. The summed E-state index contributed by atoms with van der Waals surface area (Å²) in [4.78, 5) is 14.0. The Labute approximate surface area is 122 Å². The molecule has 1 aromatic carbocycles. The molecule has 0 bridgehead atoms. The first kappa shape index (κ1) is 14.8. The number of aliphatic hydroxyl groups is 1. The molecule has 6 nitrogen and oxygen atoms in total. The van der Waals surface area contributed by atoms with Crippen molar-refractivity contribution in [2.45, 2.75) is 19.4 Å². The van der Waals surface area contributed by atoms with Crippen LogP contribution in [0.2, 0.25) is 0 Å². The third kappa shape index (κ3) is 2.64. The third-order valence-electron chi connectivity index (χ3n) is 3.36. The van der Waals surface area contributed by atoms with Crippen molar-refractivity contribution < 1.29 is 10.0 Å². The molecule has 0 atom stereocenters. The maximum absolute atomic E-state index is 11.1. The smallest absolute Gasteiger partial charge is 0.275 e. The Kier molecular flexibility index (Phi) is 3.54. The minimum absolute atomic E-state index is 0.120. The Morgan fingerprint density at radius 1 is 1.33 bits per heavy atom. The van der Waals surface area contributed by atoms with E-state index in [1.165, 1.54) is 19.9 Å². The Bertz CT molecular complexity index is 748. The van der Waals surface area contributed by atoms with E-state index in [4.69, 9.17) is 6.57 Å². The van der Waals surface area contributed by atoms with Crippen molar-refractivity contribution in [2.24, 2.45) is 7.05 Å². The first-order valence-electron chi connectivity index (χ1n) is 6.30. The van der Waals surface area contributed by atoms with Crippen molar-refractivity contribution in [2.75, 3.05) is 0 Å². The molecule has 21 heavy (non-hydrogen) atoms. The van der Waals surface area contributed by atoms with Crippen LogP contribution in [0.4, 0.5) is 11.5 Å². The van der Waals surface area contributed by atoms with Crippen molar-refractivity contribution in [3.05, 3.63) is 57.4 Å². The van der Waals surface area contributed by atoms with Gasteiger partial charge in [0.2, 0.25) is 5.82 Å². The quantitative estimate of drug-likeness (QED) is 0.534. The number of hydrogen-bond donors (Lipinski definition) is 1. The van der Waals surface area contributed by atoms with Gasteiger partial charge in [-0.15, -0.1) is 0 Å². The van der Waals surface area contributed by atoms with Crippen LogP contribution >= 0.6 is 0 Å². The predicted molar refractivity (Wildman–Crippen MR) is 79.0 cm³/mol. The van der Waals surface area contributed by atoms with Crippen molar-refractivity contribution in [3.63, 3.8) is 0 Å². The lowest BCUT2D eigenvalue weighted by atomic mass is 9.94. The van der Waals surface area contributed by atoms with E-state index in [-0.39, 0.29) is 11.3 Å². The molecule has 0 saturated heterocycles. The zero-order chi connectivity index (χ0) is 15.8. The number of nitro groups is 1. The van der Waals surface area contributed by atoms with Crippen LogP contribution in [0.5, 0.6) is 0 Å². The Hall–Kier alpha value is -2.65. The van der Waals surface area contributed by atoms with Crippen LogP contribution in [0.3, 0.4) is 0 Å².